The van der Waals surface area contributed by atoms with Crippen LogP contribution in [0.1, 0.15) is 28.9 Å². The summed E-state index contributed by atoms with van der Waals surface area (Å²) < 4.78 is 14.5. The maximum atomic E-state index is 14.5. The first-order valence-corrected chi connectivity index (χ1v) is 9.04. The Bertz CT molecular complexity index is 1080. The first-order valence-electron chi connectivity index (χ1n) is 9.04. The van der Waals surface area contributed by atoms with E-state index in [2.05, 4.69) is 4.90 Å². The number of nitro groups is 1. The summed E-state index contributed by atoms with van der Waals surface area (Å²) in [5, 5.41) is 10.9. The van der Waals surface area contributed by atoms with Gasteiger partial charge in [-0.3, -0.25) is 20.0 Å². The van der Waals surface area contributed by atoms with Crippen LogP contribution in [0.5, 0.6) is 0 Å². The third-order valence-electron chi connectivity index (χ3n) is 5.37. The largest absolute Gasteiger partial charge is 0.269 e. The molecule has 1 fully saturated rings. The molecule has 6 heteroatoms. The third-order valence-corrected chi connectivity index (χ3v) is 5.37. The van der Waals surface area contributed by atoms with Crippen LogP contribution in [0.25, 0.3) is 0 Å². The van der Waals surface area contributed by atoms with Crippen molar-refractivity contribution in [1.29, 1.82) is 0 Å². The van der Waals surface area contributed by atoms with Crippen molar-refractivity contribution in [2.24, 2.45) is 4.99 Å². The highest BCUT2D eigenvalue weighted by molar-refractivity contribution is 6.08. The van der Waals surface area contributed by atoms with Crippen LogP contribution in [0.15, 0.2) is 83.9 Å². The first-order chi connectivity index (χ1) is 13.6. The lowest BCUT2D eigenvalue weighted by Gasteiger charge is -2.15. The summed E-state index contributed by atoms with van der Waals surface area (Å²) in [4.78, 5) is 17.5. The van der Waals surface area contributed by atoms with E-state index in [1.807, 2.05) is 36.4 Å². The van der Waals surface area contributed by atoms with Crippen LogP contribution in [0.3, 0.4) is 0 Å². The average Bonchev–Trinajstić information content (AvgIpc) is 3.33. The molecule has 3 aromatic carbocycles. The Morgan fingerprint density at radius 3 is 2.25 bits per heavy atom. The number of non-ortho nitro benzene ring substituents is 1. The lowest BCUT2D eigenvalue weighted by molar-refractivity contribution is -0.384. The molecule has 0 bridgehead atoms. The predicted octanol–water partition coefficient (Wildman–Crippen LogP) is 4.66. The zero-order valence-electron chi connectivity index (χ0n) is 14.8. The van der Waals surface area contributed by atoms with Gasteiger partial charge in [0.15, 0.2) is 0 Å². The molecule has 0 saturated carbocycles. The number of aliphatic imine (C=N–C) groups is 1. The molecule has 0 spiro atoms. The second-order valence-electron chi connectivity index (χ2n) is 6.96. The molecule has 138 valence electrons. The van der Waals surface area contributed by atoms with Crippen molar-refractivity contribution in [3.8, 4) is 0 Å². The highest BCUT2D eigenvalue weighted by Crippen LogP contribution is 2.56. The van der Waals surface area contributed by atoms with E-state index in [1.165, 1.54) is 18.2 Å². The topological polar surface area (TPSA) is 58.5 Å². The van der Waals surface area contributed by atoms with Gasteiger partial charge in [0.1, 0.15) is 12.0 Å². The Morgan fingerprint density at radius 2 is 1.57 bits per heavy atom. The fraction of sp³-hybridized carbons (Fsp3) is 0.136. The van der Waals surface area contributed by atoms with E-state index in [4.69, 9.17) is 4.99 Å². The third kappa shape index (κ3) is 2.61. The molecular weight excluding hydrogens is 357 g/mol. The van der Waals surface area contributed by atoms with Gasteiger partial charge in [0.2, 0.25) is 0 Å². The smallest absolute Gasteiger partial charge is 0.263 e. The minimum absolute atomic E-state index is 0.0260. The summed E-state index contributed by atoms with van der Waals surface area (Å²) in [5.41, 5.74) is 3.52. The van der Waals surface area contributed by atoms with E-state index in [0.717, 1.165) is 16.8 Å². The Hall–Kier alpha value is -3.38. The molecule has 1 unspecified atom stereocenters. The Morgan fingerprint density at radius 1 is 0.893 bits per heavy atom. The van der Waals surface area contributed by atoms with Crippen LogP contribution >= 0.6 is 0 Å². The van der Waals surface area contributed by atoms with Crippen LogP contribution in [-0.4, -0.2) is 21.6 Å². The van der Waals surface area contributed by atoms with Crippen molar-refractivity contribution in [3.63, 3.8) is 0 Å². The van der Waals surface area contributed by atoms with Gasteiger partial charge in [0, 0.05) is 17.7 Å². The standard InChI is InChI=1S/C22H16FN3O2/c23-18-9-5-4-8-17(18)22-24-19(14-6-2-1-3-7-14)21-20(25(21)22)15-10-12-16(13-11-15)26(27)28/h1-13,20-22H/t20-,21-,22+,25?/m1/s1. The molecule has 0 amide bonds. The lowest BCUT2D eigenvalue weighted by atomic mass is 10.0. The van der Waals surface area contributed by atoms with Crippen molar-refractivity contribution >= 4 is 11.4 Å². The zero-order valence-corrected chi connectivity index (χ0v) is 14.8. The number of fused-ring (bicyclic) bond motifs is 1. The molecule has 0 aromatic heterocycles. The maximum absolute atomic E-state index is 14.5. The molecule has 28 heavy (non-hydrogen) atoms. The molecule has 5 nitrogen and oxygen atoms in total. The molecule has 2 heterocycles. The summed E-state index contributed by atoms with van der Waals surface area (Å²) in [6.45, 7) is 0. The lowest BCUT2D eigenvalue weighted by Crippen LogP contribution is -2.09. The van der Waals surface area contributed by atoms with Crippen molar-refractivity contribution in [1.82, 2.24) is 4.90 Å². The average molecular weight is 373 g/mol. The maximum Gasteiger partial charge on any atom is 0.269 e. The molecule has 5 rings (SSSR count). The van der Waals surface area contributed by atoms with Crippen molar-refractivity contribution in [3.05, 3.63) is 111 Å². The summed E-state index contributed by atoms with van der Waals surface area (Å²) in [7, 11) is 0. The van der Waals surface area contributed by atoms with E-state index in [9.17, 15) is 14.5 Å². The van der Waals surface area contributed by atoms with Crippen LogP contribution in [0.2, 0.25) is 0 Å². The molecular formula is C22H16FN3O2. The summed E-state index contributed by atoms with van der Waals surface area (Å²) in [6.07, 6.45) is -0.401. The van der Waals surface area contributed by atoms with Gasteiger partial charge in [0.25, 0.3) is 5.69 Å². The fourth-order valence-corrected chi connectivity index (χ4v) is 4.03. The Kier molecular flexibility index (Phi) is 3.80. The van der Waals surface area contributed by atoms with Gasteiger partial charge in [0.05, 0.1) is 22.7 Å². The van der Waals surface area contributed by atoms with E-state index < -0.39 is 11.1 Å². The molecule has 4 atom stereocenters. The second-order valence-corrected chi connectivity index (χ2v) is 6.96. The van der Waals surface area contributed by atoms with Crippen molar-refractivity contribution in [2.75, 3.05) is 0 Å². The van der Waals surface area contributed by atoms with Crippen LogP contribution < -0.4 is 0 Å². The normalized spacial score (nSPS) is 25.1. The van der Waals surface area contributed by atoms with Crippen LogP contribution in [0.4, 0.5) is 10.1 Å². The zero-order chi connectivity index (χ0) is 19.3. The van der Waals surface area contributed by atoms with E-state index in [0.29, 0.717) is 5.56 Å². The number of nitro benzene ring substituents is 1. The molecule has 1 saturated heterocycles. The number of rotatable bonds is 4. The van der Waals surface area contributed by atoms with E-state index >= 15 is 0 Å². The number of benzene rings is 3. The molecule has 2 aliphatic rings. The van der Waals surface area contributed by atoms with Gasteiger partial charge in [-0.1, -0.05) is 60.7 Å². The second kappa shape index (κ2) is 6.35. The SMILES string of the molecule is O=[N+]([O-])c1ccc([C@@H]2[C@H]3C(c4ccccc4)=N[C@H](c4ccccc4F)N32)cc1. The summed E-state index contributed by atoms with van der Waals surface area (Å²) in [6, 6.07) is 23.2. The van der Waals surface area contributed by atoms with Gasteiger partial charge in [-0.2, -0.15) is 0 Å². The number of nitrogens with zero attached hydrogens (tertiary/aromatic N) is 3. The fourth-order valence-electron chi connectivity index (χ4n) is 4.03. The molecule has 0 radical (unpaired) electrons. The Balaban J connectivity index is 1.55. The first kappa shape index (κ1) is 16.8. The molecule has 3 aromatic rings. The molecule has 0 N–H and O–H groups in total. The number of hydrogen-bond acceptors (Lipinski definition) is 4. The highest BCUT2D eigenvalue weighted by Gasteiger charge is 2.59. The highest BCUT2D eigenvalue weighted by atomic mass is 19.1. The summed E-state index contributed by atoms with van der Waals surface area (Å²) >= 11 is 0. The Labute approximate surface area is 160 Å². The van der Waals surface area contributed by atoms with E-state index in [-0.39, 0.29) is 23.6 Å². The van der Waals surface area contributed by atoms with Crippen LogP contribution in [0, 0.1) is 15.9 Å². The van der Waals surface area contributed by atoms with Gasteiger partial charge in [-0.15, -0.1) is 0 Å². The summed E-state index contributed by atoms with van der Waals surface area (Å²) in [5.74, 6) is -0.279. The number of halogens is 1. The van der Waals surface area contributed by atoms with Gasteiger partial charge >= 0.3 is 0 Å². The van der Waals surface area contributed by atoms with Gasteiger partial charge in [-0.05, 0) is 17.2 Å². The van der Waals surface area contributed by atoms with Crippen molar-refractivity contribution < 1.29 is 9.31 Å². The minimum Gasteiger partial charge on any atom is -0.263 e. The number of hydrogen-bond donors (Lipinski definition) is 0. The van der Waals surface area contributed by atoms with Crippen molar-refractivity contribution in [2.45, 2.75) is 18.2 Å². The monoisotopic (exact) mass is 373 g/mol. The van der Waals surface area contributed by atoms with Crippen LogP contribution in [-0.2, 0) is 0 Å². The van der Waals surface area contributed by atoms with Gasteiger partial charge < -0.3 is 0 Å². The van der Waals surface area contributed by atoms with Gasteiger partial charge in [-0.25, -0.2) is 4.39 Å². The minimum atomic E-state index is -0.406. The molecule has 2 aliphatic heterocycles. The predicted molar refractivity (Wildman–Crippen MR) is 104 cm³/mol. The van der Waals surface area contributed by atoms with E-state index in [1.54, 1.807) is 24.3 Å². The quantitative estimate of drug-likeness (QED) is 0.380. The molecule has 0 aliphatic carbocycles.